The zero-order valence-electron chi connectivity index (χ0n) is 36.1. The Labute approximate surface area is 345 Å². The summed E-state index contributed by atoms with van der Waals surface area (Å²) in [4.78, 5) is 29.9. The first-order valence-corrected chi connectivity index (χ1v) is 21.0. The molecule has 0 fully saturated rings. The number of hydrogen-bond acceptors (Lipinski definition) is 12. The SMILES string of the molecule is CC(C)c1nc2cc3nc(-c4c(C(C)C)c(-c5nc6cc7nc(C(C)C)oc7cc6o5)c(C(C)C)c(-c5nc6cc7nc(C(C)C)oc7cc6o5)c4C(C)C)oc3cc2o1. The van der Waals surface area contributed by atoms with Crippen LogP contribution in [0.15, 0.2) is 62.9 Å². The van der Waals surface area contributed by atoms with E-state index in [1.807, 2.05) is 36.4 Å². The Kier molecular flexibility index (Phi) is 8.61. The molecule has 6 aromatic heterocycles. The second-order valence-electron chi connectivity index (χ2n) is 17.9. The Hall–Kier alpha value is -6.30. The van der Waals surface area contributed by atoms with E-state index in [-0.39, 0.29) is 35.5 Å². The minimum absolute atomic E-state index is 0.0288. The van der Waals surface area contributed by atoms with Gasteiger partial charge in [0, 0.05) is 52.6 Å². The average molecular weight is 805 g/mol. The molecule has 4 aromatic carbocycles. The van der Waals surface area contributed by atoms with Gasteiger partial charge in [0.1, 0.15) is 33.1 Å². The van der Waals surface area contributed by atoms with Crippen LogP contribution in [0.1, 0.15) is 153 Å². The van der Waals surface area contributed by atoms with Crippen molar-refractivity contribution in [3.63, 3.8) is 0 Å². The highest BCUT2D eigenvalue weighted by atomic mass is 16.4. The third kappa shape index (κ3) is 5.93. The van der Waals surface area contributed by atoms with Gasteiger partial charge in [-0.2, -0.15) is 0 Å². The molecular formula is C48H48N6O6. The molecule has 0 radical (unpaired) electrons. The standard InChI is InChI=1S/C48H48N6O6/c1-19(2)37-40(46-52-28-13-25-31(16-34(28)58-46)55-43(49-25)22(7)8)38(20(3)4)42(48-54-30-15-27-33(18-36(30)60-48)57-45(51-27)24(11)12)39(21(5)6)41(37)47-53-29-14-26-32(17-35(29)59-47)56-44(50-26)23(9)10/h13-24H,1-12H3. The van der Waals surface area contributed by atoms with Gasteiger partial charge < -0.3 is 26.5 Å². The van der Waals surface area contributed by atoms with Gasteiger partial charge in [-0.05, 0) is 52.6 Å². The fraction of sp³-hybridized carbons (Fsp3) is 0.375. The van der Waals surface area contributed by atoms with Crippen LogP contribution in [-0.4, -0.2) is 29.9 Å². The van der Waals surface area contributed by atoms with E-state index in [1.54, 1.807) is 0 Å². The van der Waals surface area contributed by atoms with E-state index in [9.17, 15) is 0 Å². The molecule has 10 rings (SSSR count). The molecule has 60 heavy (non-hydrogen) atoms. The van der Waals surface area contributed by atoms with Crippen LogP contribution in [0.3, 0.4) is 0 Å². The lowest BCUT2D eigenvalue weighted by atomic mass is 9.76. The fourth-order valence-electron chi connectivity index (χ4n) is 8.40. The van der Waals surface area contributed by atoms with Crippen LogP contribution in [0.2, 0.25) is 0 Å². The number of nitrogens with zero attached hydrogens (tertiary/aromatic N) is 6. The highest BCUT2D eigenvalue weighted by Gasteiger charge is 2.36. The van der Waals surface area contributed by atoms with Gasteiger partial charge in [0.05, 0.1) is 0 Å². The van der Waals surface area contributed by atoms with Crippen LogP contribution in [0.5, 0.6) is 0 Å². The second-order valence-corrected chi connectivity index (χ2v) is 17.9. The Morgan fingerprint density at radius 2 is 0.517 bits per heavy atom. The van der Waals surface area contributed by atoms with Gasteiger partial charge in [-0.25, -0.2) is 29.9 Å². The number of oxazole rings is 6. The van der Waals surface area contributed by atoms with Crippen molar-refractivity contribution in [1.29, 1.82) is 0 Å². The predicted molar refractivity (Wildman–Crippen MR) is 233 cm³/mol. The molecule has 10 aromatic rings. The van der Waals surface area contributed by atoms with Gasteiger partial charge in [0.25, 0.3) is 0 Å². The van der Waals surface area contributed by atoms with Crippen molar-refractivity contribution in [2.45, 2.75) is 119 Å². The molecule has 0 unspecified atom stereocenters. The van der Waals surface area contributed by atoms with Crippen molar-refractivity contribution in [1.82, 2.24) is 29.9 Å². The van der Waals surface area contributed by atoms with Gasteiger partial charge in [0.15, 0.2) is 51.2 Å². The molecule has 0 saturated heterocycles. The van der Waals surface area contributed by atoms with E-state index < -0.39 is 0 Å². The highest BCUT2D eigenvalue weighted by molar-refractivity contribution is 5.96. The number of benzene rings is 4. The summed E-state index contributed by atoms with van der Waals surface area (Å²) in [5.41, 5.74) is 13.5. The number of rotatable bonds is 9. The van der Waals surface area contributed by atoms with Crippen LogP contribution < -0.4 is 0 Å². The lowest BCUT2D eigenvalue weighted by Gasteiger charge is -2.28. The lowest BCUT2D eigenvalue weighted by Crippen LogP contribution is -2.11. The van der Waals surface area contributed by atoms with E-state index >= 15 is 0 Å². The Morgan fingerprint density at radius 3 is 0.750 bits per heavy atom. The first-order chi connectivity index (χ1) is 28.6. The average Bonchev–Trinajstić information content (AvgIpc) is 4.04. The van der Waals surface area contributed by atoms with Gasteiger partial charge in [-0.3, -0.25) is 0 Å². The first-order valence-electron chi connectivity index (χ1n) is 21.0. The molecule has 12 nitrogen and oxygen atoms in total. The highest BCUT2D eigenvalue weighted by Crippen LogP contribution is 2.52. The molecule has 0 N–H and O–H groups in total. The summed E-state index contributed by atoms with van der Waals surface area (Å²) in [6, 6.07) is 11.5. The summed E-state index contributed by atoms with van der Waals surface area (Å²) >= 11 is 0. The van der Waals surface area contributed by atoms with Gasteiger partial charge in [-0.15, -0.1) is 0 Å². The van der Waals surface area contributed by atoms with Crippen LogP contribution in [0.4, 0.5) is 0 Å². The molecular weight excluding hydrogens is 757 g/mol. The van der Waals surface area contributed by atoms with Crippen molar-refractivity contribution in [2.75, 3.05) is 0 Å². The summed E-state index contributed by atoms with van der Waals surface area (Å²) in [5.74, 6) is 3.74. The molecule has 0 aliphatic heterocycles. The number of hydrogen-bond donors (Lipinski definition) is 0. The zero-order valence-corrected chi connectivity index (χ0v) is 36.1. The van der Waals surface area contributed by atoms with Gasteiger partial charge >= 0.3 is 0 Å². The molecule has 0 aliphatic carbocycles. The Morgan fingerprint density at radius 1 is 0.283 bits per heavy atom. The van der Waals surface area contributed by atoms with Crippen molar-refractivity contribution in [3.05, 3.63) is 70.8 Å². The minimum atomic E-state index is -0.0288. The normalized spacial score (nSPS) is 12.9. The third-order valence-corrected chi connectivity index (χ3v) is 11.2. The summed E-state index contributed by atoms with van der Waals surface area (Å²) in [6.45, 7) is 25.5. The second kappa shape index (κ2) is 13.6. The van der Waals surface area contributed by atoms with E-state index in [0.29, 0.717) is 85.4 Å². The van der Waals surface area contributed by atoms with E-state index in [4.69, 9.17) is 56.4 Å². The quantitative estimate of drug-likeness (QED) is 0.136. The predicted octanol–water partition coefficient (Wildman–Crippen LogP) is 14.3. The van der Waals surface area contributed by atoms with Crippen LogP contribution in [-0.2, 0) is 0 Å². The van der Waals surface area contributed by atoms with Gasteiger partial charge in [-0.1, -0.05) is 83.1 Å². The van der Waals surface area contributed by atoms with Crippen molar-refractivity contribution in [3.8, 4) is 34.4 Å². The molecule has 0 spiro atoms. The molecule has 0 bridgehead atoms. The fourth-order valence-corrected chi connectivity index (χ4v) is 8.40. The number of fused-ring (bicyclic) bond motifs is 6. The molecule has 6 heterocycles. The summed E-state index contributed by atoms with van der Waals surface area (Å²) < 4.78 is 38.9. The molecule has 0 amide bonds. The van der Waals surface area contributed by atoms with Crippen molar-refractivity contribution >= 4 is 66.6 Å². The lowest BCUT2D eigenvalue weighted by molar-refractivity contribution is 0.501. The van der Waals surface area contributed by atoms with Gasteiger partial charge in [0.2, 0.25) is 17.7 Å². The van der Waals surface area contributed by atoms with Crippen LogP contribution in [0, 0.1) is 0 Å². The minimum Gasteiger partial charge on any atom is -0.440 e. The molecule has 12 heteroatoms. The van der Waals surface area contributed by atoms with E-state index in [0.717, 1.165) is 49.9 Å². The summed E-state index contributed by atoms with van der Waals surface area (Å²) in [6.07, 6.45) is 0. The van der Waals surface area contributed by atoms with Crippen LogP contribution in [0.25, 0.3) is 101 Å². The molecule has 0 atom stereocenters. The summed E-state index contributed by atoms with van der Waals surface area (Å²) in [7, 11) is 0. The molecule has 0 saturated carbocycles. The number of aromatic nitrogens is 6. The molecule has 0 aliphatic rings. The van der Waals surface area contributed by atoms with Crippen molar-refractivity contribution < 1.29 is 26.5 Å². The van der Waals surface area contributed by atoms with Crippen molar-refractivity contribution in [2.24, 2.45) is 0 Å². The van der Waals surface area contributed by atoms with Crippen LogP contribution >= 0.6 is 0 Å². The summed E-state index contributed by atoms with van der Waals surface area (Å²) in [5, 5.41) is 0. The third-order valence-electron chi connectivity index (χ3n) is 11.2. The Balaban J connectivity index is 1.30. The largest absolute Gasteiger partial charge is 0.440 e. The molecule has 306 valence electrons. The maximum absolute atomic E-state index is 6.82. The monoisotopic (exact) mass is 804 g/mol. The Bertz CT molecular complexity index is 2780. The first kappa shape index (κ1) is 37.9. The van der Waals surface area contributed by atoms with E-state index in [1.165, 1.54) is 0 Å². The topological polar surface area (TPSA) is 156 Å². The smallest absolute Gasteiger partial charge is 0.227 e. The van der Waals surface area contributed by atoms with E-state index in [2.05, 4.69) is 83.1 Å². The maximum Gasteiger partial charge on any atom is 0.227 e. The maximum atomic E-state index is 6.82. The zero-order chi connectivity index (χ0) is 42.0.